The number of ether oxygens (including phenoxy) is 1. The quantitative estimate of drug-likeness (QED) is 0.306. The van der Waals surface area contributed by atoms with Crippen LogP contribution in [0.3, 0.4) is 0 Å². The van der Waals surface area contributed by atoms with E-state index in [0.29, 0.717) is 52.3 Å². The van der Waals surface area contributed by atoms with Gasteiger partial charge in [0, 0.05) is 98.9 Å². The second-order valence-electron chi connectivity index (χ2n) is 16.7. The summed E-state index contributed by atoms with van der Waals surface area (Å²) in [4.78, 5) is 35.0. The van der Waals surface area contributed by atoms with Gasteiger partial charge in [-0.1, -0.05) is 13.8 Å². The lowest BCUT2D eigenvalue weighted by Crippen LogP contribution is -2.65. The van der Waals surface area contributed by atoms with Crippen LogP contribution in [0.15, 0.2) is 37.1 Å². The molecule has 9 rings (SSSR count). The lowest BCUT2D eigenvalue weighted by Gasteiger charge is -2.57. The molecule has 2 saturated carbocycles. The summed E-state index contributed by atoms with van der Waals surface area (Å²) in [6.45, 7) is 14.7. The van der Waals surface area contributed by atoms with E-state index in [1.54, 1.807) is 25.5 Å². The van der Waals surface area contributed by atoms with Gasteiger partial charge in [-0.3, -0.25) is 14.6 Å². The van der Waals surface area contributed by atoms with E-state index in [1.165, 1.54) is 44.3 Å². The Balaban J connectivity index is 0.843. The maximum Gasteiger partial charge on any atom is 0.282 e. The van der Waals surface area contributed by atoms with Crippen molar-refractivity contribution < 1.29 is 13.9 Å². The summed E-state index contributed by atoms with van der Waals surface area (Å²) in [5, 5.41) is 8.45. The minimum atomic E-state index is -0.344. The Morgan fingerprint density at radius 2 is 1.74 bits per heavy atom. The molecule has 2 aromatic heterocycles. The second-order valence-corrected chi connectivity index (χ2v) is 16.7. The van der Waals surface area contributed by atoms with Crippen LogP contribution in [-0.2, 0) is 4.79 Å². The first kappa shape index (κ1) is 32.2. The summed E-state index contributed by atoms with van der Waals surface area (Å²) in [6, 6.07) is 5.86. The molecule has 11 nitrogen and oxygen atoms in total. The molecule has 6 fully saturated rings. The van der Waals surface area contributed by atoms with Gasteiger partial charge in [0.25, 0.3) is 5.88 Å². The molecule has 0 N–H and O–H groups in total. The first-order valence-corrected chi connectivity index (χ1v) is 18.6. The molecule has 6 heterocycles. The molecule has 0 bridgehead atoms. The number of anilines is 1. The normalized spacial score (nSPS) is 26.3. The molecule has 1 amide bonds. The molecule has 264 valence electrons. The predicted octanol–water partition coefficient (Wildman–Crippen LogP) is 5.01. The Labute approximate surface area is 293 Å². The average molecular weight is 682 g/mol. The molecule has 6 aliphatic rings. The molecule has 2 spiro atoms. The number of halogens is 1. The minimum Gasteiger partial charge on any atom is -0.434 e. The molecule has 3 aromatic rings. The van der Waals surface area contributed by atoms with E-state index < -0.39 is 0 Å². The fraction of sp³-hybridized carbons (Fsp3) is 0.632. The monoisotopic (exact) mass is 681 g/mol. The van der Waals surface area contributed by atoms with Crippen molar-refractivity contribution >= 4 is 11.7 Å². The lowest BCUT2D eigenvalue weighted by molar-refractivity contribution is -0.140. The zero-order valence-electron chi connectivity index (χ0n) is 29.5. The van der Waals surface area contributed by atoms with Crippen molar-refractivity contribution in [3.8, 4) is 22.8 Å². The first-order chi connectivity index (χ1) is 24.2. The molecule has 12 heteroatoms. The fourth-order valence-electron chi connectivity index (χ4n) is 10.1. The number of nitrogens with zero attached hydrogens (tertiary/aromatic N) is 9. The zero-order chi connectivity index (χ0) is 34.2. The molecule has 4 saturated heterocycles. The van der Waals surface area contributed by atoms with Gasteiger partial charge in [0.15, 0.2) is 5.82 Å². The van der Waals surface area contributed by atoms with Crippen LogP contribution in [0.2, 0.25) is 0 Å². The van der Waals surface area contributed by atoms with Crippen molar-refractivity contribution in [1.82, 2.24) is 39.8 Å². The van der Waals surface area contributed by atoms with Crippen LogP contribution in [0.5, 0.6) is 11.6 Å². The molecule has 4 aliphatic heterocycles. The number of hydrogen-bond acceptors (Lipinski definition) is 10. The number of hydrogen-bond donors (Lipinski definition) is 0. The van der Waals surface area contributed by atoms with Crippen molar-refractivity contribution in [3.05, 3.63) is 48.6 Å². The molecule has 1 atom stereocenters. The molecular weight excluding hydrogens is 633 g/mol. The Bertz CT molecular complexity index is 1770. The fourth-order valence-corrected chi connectivity index (χ4v) is 10.1. The van der Waals surface area contributed by atoms with Gasteiger partial charge in [-0.05, 0) is 75.1 Å². The number of carbonyl (C=O) groups is 1. The number of rotatable bonds is 9. The maximum absolute atomic E-state index is 14.6. The van der Waals surface area contributed by atoms with Crippen molar-refractivity contribution in [2.45, 2.75) is 77.3 Å². The number of aromatic nitrogens is 5. The third kappa shape index (κ3) is 5.72. The first-order valence-electron chi connectivity index (χ1n) is 18.6. The zero-order valence-corrected chi connectivity index (χ0v) is 29.5. The van der Waals surface area contributed by atoms with Crippen LogP contribution in [0.25, 0.3) is 11.1 Å². The van der Waals surface area contributed by atoms with Gasteiger partial charge in [-0.25, -0.2) is 19.3 Å². The van der Waals surface area contributed by atoms with E-state index >= 15 is 0 Å². The lowest BCUT2D eigenvalue weighted by atomic mass is 9.68. The number of likely N-dealkylation sites (tertiary alicyclic amines) is 3. The van der Waals surface area contributed by atoms with Crippen molar-refractivity contribution in [1.29, 1.82) is 0 Å². The highest BCUT2D eigenvalue weighted by molar-refractivity contribution is 5.74. The summed E-state index contributed by atoms with van der Waals surface area (Å²) < 4.78 is 21.0. The van der Waals surface area contributed by atoms with Crippen molar-refractivity contribution in [2.24, 2.45) is 22.7 Å². The summed E-state index contributed by atoms with van der Waals surface area (Å²) in [5.74, 6) is 3.11. The number of benzene rings is 1. The summed E-state index contributed by atoms with van der Waals surface area (Å²) in [6.07, 6.45) is 11.9. The SMILES string of the molecule is CC(=O)N1CC2(CCN(C3CC([C@@H](C(C)C)N4CC5(CCN(c6ncnnc6Oc6ccc(F)cc6-c6cncnc6C6CC6)C5)C4)C3)C2)C1. The molecule has 50 heavy (non-hydrogen) atoms. The maximum atomic E-state index is 14.6. The largest absolute Gasteiger partial charge is 0.434 e. The molecule has 1 aromatic carbocycles. The Hall–Kier alpha value is -3.77. The predicted molar refractivity (Wildman–Crippen MR) is 186 cm³/mol. The minimum absolute atomic E-state index is 0.220. The molecule has 0 radical (unpaired) electrons. The van der Waals surface area contributed by atoms with Gasteiger partial charge in [-0.2, -0.15) is 0 Å². The van der Waals surface area contributed by atoms with Crippen LogP contribution in [0, 0.1) is 28.5 Å². The third-order valence-corrected chi connectivity index (χ3v) is 12.8. The van der Waals surface area contributed by atoms with Gasteiger partial charge in [-0.15, -0.1) is 10.2 Å². The van der Waals surface area contributed by atoms with E-state index in [0.717, 1.165) is 82.3 Å². The third-order valence-electron chi connectivity index (χ3n) is 12.8. The van der Waals surface area contributed by atoms with Gasteiger partial charge in [0.1, 0.15) is 24.2 Å². The van der Waals surface area contributed by atoms with Gasteiger partial charge in [0.05, 0.1) is 5.69 Å². The summed E-state index contributed by atoms with van der Waals surface area (Å²) in [7, 11) is 0. The smallest absolute Gasteiger partial charge is 0.282 e. The molecule has 0 unspecified atom stereocenters. The van der Waals surface area contributed by atoms with E-state index in [4.69, 9.17) is 4.74 Å². The topological polar surface area (TPSA) is 104 Å². The van der Waals surface area contributed by atoms with E-state index in [9.17, 15) is 9.18 Å². The standard InChI is InChI=1S/C38H48FN9O2/c1-24(2)34(27-12-29(13-27)45-10-8-37(16-45)18-47(19-37)25(3)49)48-20-38(21-48)9-11-46(17-38)35-36(44-43-23-42-35)50-32-7-6-28(39)14-30(32)31-15-40-22-41-33(31)26-4-5-26/h6-7,14-15,22-24,26-27,29,34H,4-5,8-13,16-21H2,1-3H3/t27?,29?,34-/m1/s1. The highest BCUT2D eigenvalue weighted by Crippen LogP contribution is 2.50. The second kappa shape index (κ2) is 12.2. The van der Waals surface area contributed by atoms with Crippen LogP contribution in [0.1, 0.15) is 70.9 Å². The highest BCUT2D eigenvalue weighted by atomic mass is 19.1. The Morgan fingerprint density at radius 1 is 0.960 bits per heavy atom. The Morgan fingerprint density at radius 3 is 2.50 bits per heavy atom. The van der Waals surface area contributed by atoms with Crippen LogP contribution < -0.4 is 9.64 Å². The number of amides is 1. The Kier molecular flexibility index (Phi) is 7.83. The van der Waals surface area contributed by atoms with Crippen molar-refractivity contribution in [3.63, 3.8) is 0 Å². The van der Waals surface area contributed by atoms with E-state index in [2.05, 4.69) is 53.7 Å². The van der Waals surface area contributed by atoms with Crippen molar-refractivity contribution in [2.75, 3.05) is 57.3 Å². The summed E-state index contributed by atoms with van der Waals surface area (Å²) >= 11 is 0. The van der Waals surface area contributed by atoms with Gasteiger partial charge in [0.2, 0.25) is 5.91 Å². The average Bonchev–Trinajstić information content (AvgIpc) is 3.64. The highest BCUT2D eigenvalue weighted by Gasteiger charge is 2.55. The molecular formula is C38H48FN9O2. The van der Waals surface area contributed by atoms with Gasteiger partial charge >= 0.3 is 0 Å². The van der Waals surface area contributed by atoms with Crippen LogP contribution in [-0.4, -0.2) is 110 Å². The van der Waals surface area contributed by atoms with E-state index in [-0.39, 0.29) is 17.1 Å². The van der Waals surface area contributed by atoms with Gasteiger partial charge < -0.3 is 14.5 Å². The molecule has 2 aliphatic carbocycles. The van der Waals surface area contributed by atoms with Crippen LogP contribution >= 0.6 is 0 Å². The van der Waals surface area contributed by atoms with Crippen LogP contribution in [0.4, 0.5) is 10.2 Å². The summed E-state index contributed by atoms with van der Waals surface area (Å²) in [5.41, 5.74) is 2.92. The van der Waals surface area contributed by atoms with E-state index in [1.807, 2.05) is 4.90 Å². The number of carbonyl (C=O) groups excluding carboxylic acids is 1.